The molecule has 138 valence electrons. The zero-order valence-electron chi connectivity index (χ0n) is 14.3. The molecule has 1 N–H and O–H groups in total. The standard InChI is InChI=1S/C16H17N3O6S/c1-18(2)26(23,24)13-5-7-16(25-3)14(9-13)17-10-11-8-12(19(21)22)4-6-15(11)20/h4-10,20H,1-3H3. The minimum absolute atomic E-state index is 0.0127. The number of nitro groups is 1. The van der Waals surface area contributed by atoms with E-state index in [1.165, 1.54) is 51.7 Å². The Morgan fingerprint density at radius 3 is 2.50 bits per heavy atom. The zero-order chi connectivity index (χ0) is 19.5. The van der Waals surface area contributed by atoms with Gasteiger partial charge in [-0.3, -0.25) is 15.1 Å². The fourth-order valence-electron chi connectivity index (χ4n) is 2.04. The molecular weight excluding hydrogens is 362 g/mol. The van der Waals surface area contributed by atoms with E-state index in [-0.39, 0.29) is 27.6 Å². The first-order valence-electron chi connectivity index (χ1n) is 7.29. The molecule has 0 radical (unpaired) electrons. The van der Waals surface area contributed by atoms with Crippen molar-refractivity contribution in [3.8, 4) is 11.5 Å². The second-order valence-electron chi connectivity index (χ2n) is 5.38. The number of nitro benzene ring substituents is 1. The van der Waals surface area contributed by atoms with Gasteiger partial charge in [0, 0.05) is 38.0 Å². The summed E-state index contributed by atoms with van der Waals surface area (Å²) in [6.45, 7) is 0. The summed E-state index contributed by atoms with van der Waals surface area (Å²) < 4.78 is 30.7. The molecule has 0 aromatic heterocycles. The van der Waals surface area contributed by atoms with Crippen molar-refractivity contribution in [1.29, 1.82) is 0 Å². The topological polar surface area (TPSA) is 122 Å². The van der Waals surface area contributed by atoms with Crippen LogP contribution in [0.25, 0.3) is 0 Å². The lowest BCUT2D eigenvalue weighted by molar-refractivity contribution is -0.384. The van der Waals surface area contributed by atoms with Gasteiger partial charge in [-0.25, -0.2) is 12.7 Å². The third-order valence-corrected chi connectivity index (χ3v) is 5.30. The van der Waals surface area contributed by atoms with Crippen LogP contribution in [0.1, 0.15) is 5.56 Å². The number of nitrogens with zero attached hydrogens (tertiary/aromatic N) is 3. The molecule has 0 bridgehead atoms. The molecule has 2 aromatic rings. The maximum Gasteiger partial charge on any atom is 0.270 e. The summed E-state index contributed by atoms with van der Waals surface area (Å²) in [4.78, 5) is 14.4. The third-order valence-electron chi connectivity index (χ3n) is 3.49. The Morgan fingerprint density at radius 2 is 1.92 bits per heavy atom. The average molecular weight is 379 g/mol. The Kier molecular flexibility index (Phi) is 5.58. The number of sulfonamides is 1. The molecule has 0 heterocycles. The molecule has 0 atom stereocenters. The minimum atomic E-state index is -3.67. The van der Waals surface area contributed by atoms with E-state index in [0.717, 1.165) is 16.4 Å². The number of benzene rings is 2. The first-order valence-corrected chi connectivity index (χ1v) is 8.73. The Labute approximate surface area is 150 Å². The molecule has 0 saturated heterocycles. The van der Waals surface area contributed by atoms with Gasteiger partial charge in [0.15, 0.2) is 0 Å². The van der Waals surface area contributed by atoms with Crippen LogP contribution in [0, 0.1) is 10.1 Å². The van der Waals surface area contributed by atoms with Gasteiger partial charge in [0.2, 0.25) is 10.0 Å². The smallest absolute Gasteiger partial charge is 0.270 e. The van der Waals surface area contributed by atoms with E-state index in [1.807, 2.05) is 0 Å². The van der Waals surface area contributed by atoms with E-state index in [4.69, 9.17) is 4.74 Å². The molecular formula is C16H17N3O6S. The molecule has 0 spiro atoms. The van der Waals surface area contributed by atoms with Crippen molar-refractivity contribution in [1.82, 2.24) is 4.31 Å². The number of hydrogen-bond donors (Lipinski definition) is 1. The third kappa shape index (κ3) is 3.98. The van der Waals surface area contributed by atoms with E-state index in [9.17, 15) is 23.6 Å². The molecule has 26 heavy (non-hydrogen) atoms. The van der Waals surface area contributed by atoms with Crippen LogP contribution in [-0.4, -0.2) is 50.2 Å². The number of aliphatic imine (C=N–C) groups is 1. The highest BCUT2D eigenvalue weighted by molar-refractivity contribution is 7.89. The fraction of sp³-hybridized carbons (Fsp3) is 0.188. The molecule has 0 aliphatic heterocycles. The molecule has 0 fully saturated rings. The molecule has 10 heteroatoms. The van der Waals surface area contributed by atoms with E-state index in [0.29, 0.717) is 5.75 Å². The first-order chi connectivity index (χ1) is 12.2. The second kappa shape index (κ2) is 7.50. The average Bonchev–Trinajstić information content (AvgIpc) is 2.60. The van der Waals surface area contributed by atoms with Crippen LogP contribution in [0.2, 0.25) is 0 Å². The van der Waals surface area contributed by atoms with E-state index >= 15 is 0 Å². The monoisotopic (exact) mass is 379 g/mol. The molecule has 0 unspecified atom stereocenters. The number of methoxy groups -OCH3 is 1. The number of aromatic hydroxyl groups is 1. The number of phenolic OH excluding ortho intramolecular Hbond substituents is 1. The number of ether oxygens (including phenoxy) is 1. The van der Waals surface area contributed by atoms with Crippen molar-refractivity contribution in [2.24, 2.45) is 4.99 Å². The summed E-state index contributed by atoms with van der Waals surface area (Å²) in [5, 5.41) is 20.7. The summed E-state index contributed by atoms with van der Waals surface area (Å²) in [5.74, 6) is 0.110. The highest BCUT2D eigenvalue weighted by Gasteiger charge is 2.19. The molecule has 0 aliphatic rings. The summed E-state index contributed by atoms with van der Waals surface area (Å²) in [6.07, 6.45) is 1.20. The second-order valence-corrected chi connectivity index (χ2v) is 7.53. The van der Waals surface area contributed by atoms with Crippen LogP contribution < -0.4 is 4.74 Å². The van der Waals surface area contributed by atoms with Crippen LogP contribution >= 0.6 is 0 Å². The van der Waals surface area contributed by atoms with Crippen LogP contribution in [0.5, 0.6) is 11.5 Å². The molecule has 9 nitrogen and oxygen atoms in total. The Hall–Kier alpha value is -2.98. The fourth-order valence-corrected chi connectivity index (χ4v) is 2.96. The van der Waals surface area contributed by atoms with Crippen LogP contribution in [0.15, 0.2) is 46.3 Å². The first kappa shape index (κ1) is 19.3. The van der Waals surface area contributed by atoms with Gasteiger partial charge in [0.1, 0.15) is 17.2 Å². The largest absolute Gasteiger partial charge is 0.507 e. The van der Waals surface area contributed by atoms with Gasteiger partial charge >= 0.3 is 0 Å². The lowest BCUT2D eigenvalue weighted by Gasteiger charge is -2.13. The van der Waals surface area contributed by atoms with Crippen molar-refractivity contribution in [3.05, 3.63) is 52.1 Å². The van der Waals surface area contributed by atoms with Crippen LogP contribution in [-0.2, 0) is 10.0 Å². The SMILES string of the molecule is COc1ccc(S(=O)(=O)N(C)C)cc1N=Cc1cc([N+](=O)[O-])ccc1O. The maximum absolute atomic E-state index is 12.3. The molecule has 2 aromatic carbocycles. The normalized spacial score (nSPS) is 11.8. The lowest BCUT2D eigenvalue weighted by atomic mass is 10.2. The number of rotatable bonds is 6. The van der Waals surface area contributed by atoms with Gasteiger partial charge in [-0.05, 0) is 24.3 Å². The van der Waals surface area contributed by atoms with E-state index in [2.05, 4.69) is 4.99 Å². The van der Waals surface area contributed by atoms with Crippen molar-refractivity contribution >= 4 is 27.6 Å². The molecule has 0 aliphatic carbocycles. The Balaban J connectivity index is 2.50. The summed E-state index contributed by atoms with van der Waals surface area (Å²) in [6, 6.07) is 7.67. The molecule has 0 saturated carbocycles. The predicted molar refractivity (Wildman–Crippen MR) is 95.9 cm³/mol. The Bertz CT molecular complexity index is 970. The summed E-state index contributed by atoms with van der Waals surface area (Å²) in [5.41, 5.74) is 0.101. The predicted octanol–water partition coefficient (Wildman–Crippen LogP) is 2.31. The van der Waals surface area contributed by atoms with Crippen molar-refractivity contribution in [3.63, 3.8) is 0 Å². The van der Waals surface area contributed by atoms with Crippen molar-refractivity contribution in [2.75, 3.05) is 21.2 Å². The van der Waals surface area contributed by atoms with Crippen LogP contribution in [0.3, 0.4) is 0 Å². The number of hydrogen-bond acceptors (Lipinski definition) is 7. The van der Waals surface area contributed by atoms with Gasteiger partial charge < -0.3 is 9.84 Å². The van der Waals surface area contributed by atoms with Gasteiger partial charge in [-0.15, -0.1) is 0 Å². The highest BCUT2D eigenvalue weighted by atomic mass is 32.2. The number of phenols is 1. The zero-order valence-corrected chi connectivity index (χ0v) is 15.1. The van der Waals surface area contributed by atoms with Gasteiger partial charge in [0.25, 0.3) is 5.69 Å². The lowest BCUT2D eigenvalue weighted by Crippen LogP contribution is -2.22. The highest BCUT2D eigenvalue weighted by Crippen LogP contribution is 2.31. The van der Waals surface area contributed by atoms with Crippen molar-refractivity contribution < 1.29 is 23.2 Å². The summed E-state index contributed by atoms with van der Waals surface area (Å²) in [7, 11) is 0.547. The Morgan fingerprint density at radius 1 is 1.23 bits per heavy atom. The minimum Gasteiger partial charge on any atom is -0.507 e. The van der Waals surface area contributed by atoms with Gasteiger partial charge in [-0.1, -0.05) is 0 Å². The van der Waals surface area contributed by atoms with Gasteiger partial charge in [0.05, 0.1) is 16.9 Å². The molecule has 2 rings (SSSR count). The van der Waals surface area contributed by atoms with E-state index < -0.39 is 14.9 Å². The number of non-ortho nitro benzene ring substituents is 1. The molecule has 0 amide bonds. The van der Waals surface area contributed by atoms with Crippen LogP contribution in [0.4, 0.5) is 11.4 Å². The quantitative estimate of drug-likeness (QED) is 0.467. The van der Waals surface area contributed by atoms with Gasteiger partial charge in [-0.2, -0.15) is 0 Å². The maximum atomic E-state index is 12.3. The van der Waals surface area contributed by atoms with Crippen molar-refractivity contribution in [2.45, 2.75) is 4.90 Å². The summed E-state index contributed by atoms with van der Waals surface area (Å²) >= 11 is 0. The van der Waals surface area contributed by atoms with E-state index in [1.54, 1.807) is 0 Å².